The molecule has 0 amide bonds. The largest absolute Gasteiger partial charge is 0.494 e. The standard InChI is InChI=1S/C16H16BrFO3/c1-10(19)13-8-12(17)6-7-14(13)21-9-11-4-3-5-15(20-2)16(11)18/h3-8,10,19H,9H2,1-2H3/t10-/m1/s1. The third kappa shape index (κ3) is 3.74. The summed E-state index contributed by atoms with van der Waals surface area (Å²) in [5.74, 6) is 0.272. The lowest BCUT2D eigenvalue weighted by molar-refractivity contribution is 0.189. The fourth-order valence-electron chi connectivity index (χ4n) is 1.96. The van der Waals surface area contributed by atoms with Crippen molar-refractivity contribution in [2.75, 3.05) is 7.11 Å². The summed E-state index contributed by atoms with van der Waals surface area (Å²) >= 11 is 3.35. The van der Waals surface area contributed by atoms with E-state index in [1.165, 1.54) is 7.11 Å². The predicted octanol–water partition coefficient (Wildman–Crippen LogP) is 4.23. The van der Waals surface area contributed by atoms with Crippen LogP contribution in [0.5, 0.6) is 11.5 Å². The molecule has 112 valence electrons. The molecule has 2 aromatic carbocycles. The molecule has 5 heteroatoms. The van der Waals surface area contributed by atoms with Gasteiger partial charge in [0.15, 0.2) is 11.6 Å². The summed E-state index contributed by atoms with van der Waals surface area (Å²) in [6, 6.07) is 10.2. The number of aliphatic hydroxyl groups is 1. The normalized spacial score (nSPS) is 12.0. The van der Waals surface area contributed by atoms with Gasteiger partial charge < -0.3 is 14.6 Å². The van der Waals surface area contributed by atoms with E-state index in [0.29, 0.717) is 16.9 Å². The summed E-state index contributed by atoms with van der Waals surface area (Å²) in [6.45, 7) is 1.71. The zero-order chi connectivity index (χ0) is 15.4. The van der Waals surface area contributed by atoms with Crippen molar-refractivity contribution in [3.05, 3.63) is 57.8 Å². The Hall–Kier alpha value is -1.59. The fraction of sp³-hybridized carbons (Fsp3) is 0.250. The van der Waals surface area contributed by atoms with Crippen molar-refractivity contribution in [2.24, 2.45) is 0 Å². The summed E-state index contributed by atoms with van der Waals surface area (Å²) in [4.78, 5) is 0. The molecular weight excluding hydrogens is 339 g/mol. The minimum Gasteiger partial charge on any atom is -0.494 e. The van der Waals surface area contributed by atoms with Crippen LogP contribution in [0.25, 0.3) is 0 Å². The molecule has 21 heavy (non-hydrogen) atoms. The summed E-state index contributed by atoms with van der Waals surface area (Å²) in [5.41, 5.74) is 1.04. The van der Waals surface area contributed by atoms with Gasteiger partial charge >= 0.3 is 0 Å². The van der Waals surface area contributed by atoms with E-state index < -0.39 is 11.9 Å². The maximum atomic E-state index is 14.0. The maximum Gasteiger partial charge on any atom is 0.171 e. The van der Waals surface area contributed by atoms with Gasteiger partial charge in [-0.05, 0) is 31.2 Å². The molecule has 3 nitrogen and oxygen atoms in total. The van der Waals surface area contributed by atoms with Gasteiger partial charge in [-0.1, -0.05) is 28.1 Å². The number of hydrogen-bond acceptors (Lipinski definition) is 3. The molecule has 1 N–H and O–H groups in total. The second kappa shape index (κ2) is 6.91. The summed E-state index contributed by atoms with van der Waals surface area (Å²) in [7, 11) is 1.42. The first-order valence-corrected chi connectivity index (χ1v) is 7.24. The minimum atomic E-state index is -0.673. The molecule has 2 aromatic rings. The highest BCUT2D eigenvalue weighted by molar-refractivity contribution is 9.10. The maximum absolute atomic E-state index is 14.0. The average Bonchev–Trinajstić information content (AvgIpc) is 2.47. The van der Waals surface area contributed by atoms with Crippen LogP contribution >= 0.6 is 15.9 Å². The van der Waals surface area contributed by atoms with E-state index in [9.17, 15) is 9.50 Å². The highest BCUT2D eigenvalue weighted by atomic mass is 79.9. The lowest BCUT2D eigenvalue weighted by Crippen LogP contribution is -2.03. The second-order valence-electron chi connectivity index (χ2n) is 4.58. The van der Waals surface area contributed by atoms with Crippen molar-refractivity contribution in [1.82, 2.24) is 0 Å². The molecule has 0 saturated heterocycles. The molecular formula is C16H16BrFO3. The Labute approximate surface area is 131 Å². The molecule has 0 fully saturated rings. The Morgan fingerprint density at radius 2 is 2.00 bits per heavy atom. The van der Waals surface area contributed by atoms with Crippen molar-refractivity contribution in [3.63, 3.8) is 0 Å². The lowest BCUT2D eigenvalue weighted by Gasteiger charge is -2.14. The molecule has 0 aliphatic heterocycles. The van der Waals surface area contributed by atoms with Gasteiger partial charge in [0.1, 0.15) is 12.4 Å². The zero-order valence-corrected chi connectivity index (χ0v) is 13.4. The van der Waals surface area contributed by atoms with Gasteiger partial charge in [0.05, 0.1) is 13.2 Å². The monoisotopic (exact) mass is 354 g/mol. The number of ether oxygens (including phenoxy) is 2. The highest BCUT2D eigenvalue weighted by Gasteiger charge is 2.12. The number of aliphatic hydroxyl groups excluding tert-OH is 1. The van der Waals surface area contributed by atoms with Crippen LogP contribution in [-0.4, -0.2) is 12.2 Å². The first-order chi connectivity index (χ1) is 10.0. The van der Waals surface area contributed by atoms with Crippen LogP contribution in [0.4, 0.5) is 4.39 Å². The minimum absolute atomic E-state index is 0.0599. The molecule has 0 aliphatic carbocycles. The van der Waals surface area contributed by atoms with Gasteiger partial charge in [-0.3, -0.25) is 0 Å². The molecule has 0 spiro atoms. The van der Waals surface area contributed by atoms with E-state index in [1.807, 2.05) is 6.07 Å². The van der Waals surface area contributed by atoms with Crippen LogP contribution in [0.1, 0.15) is 24.2 Å². The van der Waals surface area contributed by atoms with Crippen LogP contribution in [0.15, 0.2) is 40.9 Å². The first-order valence-electron chi connectivity index (χ1n) is 6.44. The number of methoxy groups -OCH3 is 1. The molecule has 1 atom stereocenters. The van der Waals surface area contributed by atoms with E-state index in [0.717, 1.165) is 4.47 Å². The van der Waals surface area contributed by atoms with E-state index in [1.54, 1.807) is 37.3 Å². The topological polar surface area (TPSA) is 38.7 Å². The van der Waals surface area contributed by atoms with Crippen LogP contribution in [-0.2, 0) is 6.61 Å². The van der Waals surface area contributed by atoms with Gasteiger partial charge in [0.25, 0.3) is 0 Å². The van der Waals surface area contributed by atoms with Crippen molar-refractivity contribution in [1.29, 1.82) is 0 Å². The average molecular weight is 355 g/mol. The fourth-order valence-corrected chi connectivity index (χ4v) is 2.34. The molecule has 0 saturated carbocycles. The van der Waals surface area contributed by atoms with Gasteiger partial charge in [-0.2, -0.15) is 0 Å². The van der Waals surface area contributed by atoms with Crippen LogP contribution in [0.2, 0.25) is 0 Å². The summed E-state index contributed by atoms with van der Waals surface area (Å²) in [6.07, 6.45) is -0.673. The molecule has 0 radical (unpaired) electrons. The van der Waals surface area contributed by atoms with E-state index >= 15 is 0 Å². The van der Waals surface area contributed by atoms with Crippen molar-refractivity contribution in [3.8, 4) is 11.5 Å². The second-order valence-corrected chi connectivity index (χ2v) is 5.50. The molecule has 0 heterocycles. The van der Waals surface area contributed by atoms with Crippen molar-refractivity contribution in [2.45, 2.75) is 19.6 Å². The zero-order valence-electron chi connectivity index (χ0n) is 11.8. The molecule has 0 unspecified atom stereocenters. The summed E-state index contributed by atoms with van der Waals surface area (Å²) in [5, 5.41) is 9.77. The lowest BCUT2D eigenvalue weighted by atomic mass is 10.1. The van der Waals surface area contributed by atoms with Gasteiger partial charge in [-0.15, -0.1) is 0 Å². The molecule has 0 aromatic heterocycles. The number of benzene rings is 2. The number of hydrogen-bond donors (Lipinski definition) is 1. The highest BCUT2D eigenvalue weighted by Crippen LogP contribution is 2.30. The predicted molar refractivity (Wildman–Crippen MR) is 82.1 cm³/mol. The quantitative estimate of drug-likeness (QED) is 0.873. The van der Waals surface area contributed by atoms with Gasteiger partial charge in [0.2, 0.25) is 0 Å². The molecule has 2 rings (SSSR count). The third-order valence-electron chi connectivity index (χ3n) is 3.07. The Kier molecular flexibility index (Phi) is 5.20. The number of rotatable bonds is 5. The van der Waals surface area contributed by atoms with Gasteiger partial charge in [-0.25, -0.2) is 4.39 Å². The van der Waals surface area contributed by atoms with Crippen LogP contribution in [0.3, 0.4) is 0 Å². The van der Waals surface area contributed by atoms with Crippen LogP contribution in [0, 0.1) is 5.82 Å². The van der Waals surface area contributed by atoms with E-state index in [-0.39, 0.29) is 12.4 Å². The van der Waals surface area contributed by atoms with Crippen molar-refractivity contribution < 1.29 is 19.0 Å². The Morgan fingerprint density at radius 1 is 1.24 bits per heavy atom. The van der Waals surface area contributed by atoms with E-state index in [4.69, 9.17) is 9.47 Å². The Morgan fingerprint density at radius 3 is 2.67 bits per heavy atom. The smallest absolute Gasteiger partial charge is 0.171 e. The molecule has 0 aliphatic rings. The van der Waals surface area contributed by atoms with Crippen molar-refractivity contribution >= 4 is 15.9 Å². The molecule has 0 bridgehead atoms. The first kappa shape index (κ1) is 15.8. The number of halogens is 2. The Balaban J connectivity index is 2.21. The third-order valence-corrected chi connectivity index (χ3v) is 3.56. The van der Waals surface area contributed by atoms with Gasteiger partial charge in [0, 0.05) is 15.6 Å². The SMILES string of the molecule is COc1cccc(COc2ccc(Br)cc2[C@@H](C)O)c1F. The Bertz CT molecular complexity index is 629. The van der Waals surface area contributed by atoms with E-state index in [2.05, 4.69) is 15.9 Å². The van der Waals surface area contributed by atoms with Crippen LogP contribution < -0.4 is 9.47 Å². The summed E-state index contributed by atoms with van der Waals surface area (Å²) < 4.78 is 25.5.